The lowest BCUT2D eigenvalue weighted by Gasteiger charge is -2.22. The molecule has 0 bridgehead atoms. The molecule has 2 aliphatic heterocycles. The van der Waals surface area contributed by atoms with Crippen molar-refractivity contribution in [1.82, 2.24) is 10.2 Å². The van der Waals surface area contributed by atoms with E-state index in [0.717, 1.165) is 10.5 Å². The van der Waals surface area contributed by atoms with Gasteiger partial charge in [-0.15, -0.1) is 0 Å². The van der Waals surface area contributed by atoms with Crippen molar-refractivity contribution < 1.29 is 23.8 Å². The highest BCUT2D eigenvalue weighted by Crippen LogP contribution is 2.34. The monoisotopic (exact) mass is 393 g/mol. The van der Waals surface area contributed by atoms with Gasteiger partial charge in [-0.3, -0.25) is 9.69 Å². The van der Waals surface area contributed by atoms with Crippen LogP contribution in [0.25, 0.3) is 0 Å². The van der Waals surface area contributed by atoms with E-state index in [0.29, 0.717) is 29.2 Å². The molecule has 8 nitrogen and oxygen atoms in total. The highest BCUT2D eigenvalue weighted by molar-refractivity contribution is 6.07. The van der Waals surface area contributed by atoms with E-state index < -0.39 is 11.6 Å². The number of nitrogens with zero attached hydrogens (tertiary/aromatic N) is 2. The van der Waals surface area contributed by atoms with Crippen LogP contribution < -0.4 is 19.5 Å². The molecule has 0 saturated carbocycles. The van der Waals surface area contributed by atoms with E-state index in [-0.39, 0.29) is 25.9 Å². The maximum absolute atomic E-state index is 12.9. The van der Waals surface area contributed by atoms with Crippen molar-refractivity contribution in [2.24, 2.45) is 0 Å². The second-order valence-corrected chi connectivity index (χ2v) is 7.07. The van der Waals surface area contributed by atoms with Crippen LogP contribution in [0.3, 0.4) is 0 Å². The fourth-order valence-corrected chi connectivity index (χ4v) is 3.44. The second-order valence-electron chi connectivity index (χ2n) is 7.07. The maximum Gasteiger partial charge on any atom is 0.325 e. The summed E-state index contributed by atoms with van der Waals surface area (Å²) in [7, 11) is 0. The molecular formula is C21H19N3O5. The third-order valence-corrected chi connectivity index (χ3v) is 4.89. The van der Waals surface area contributed by atoms with Gasteiger partial charge in [-0.1, -0.05) is 12.1 Å². The SMILES string of the molecule is C[C@@]1(Cc2ccc3c(c2)OCO3)NC(=O)N(CCOc2cccc(C#N)c2)C1=O. The zero-order valence-corrected chi connectivity index (χ0v) is 15.8. The van der Waals surface area contributed by atoms with Gasteiger partial charge in [-0.05, 0) is 42.8 Å². The Morgan fingerprint density at radius 2 is 2.03 bits per heavy atom. The van der Waals surface area contributed by atoms with Crippen molar-refractivity contribution in [3.63, 3.8) is 0 Å². The van der Waals surface area contributed by atoms with Gasteiger partial charge in [0.1, 0.15) is 17.9 Å². The van der Waals surface area contributed by atoms with E-state index in [1.165, 1.54) is 0 Å². The number of nitrogens with one attached hydrogen (secondary N) is 1. The van der Waals surface area contributed by atoms with Gasteiger partial charge in [0.15, 0.2) is 11.5 Å². The van der Waals surface area contributed by atoms with Crippen LogP contribution in [0, 0.1) is 11.3 Å². The Bertz CT molecular complexity index is 1020. The van der Waals surface area contributed by atoms with Crippen LogP contribution in [0.15, 0.2) is 42.5 Å². The Morgan fingerprint density at radius 1 is 1.21 bits per heavy atom. The molecule has 1 atom stereocenters. The molecule has 0 aromatic heterocycles. The van der Waals surface area contributed by atoms with Crippen LogP contribution in [0.5, 0.6) is 17.2 Å². The van der Waals surface area contributed by atoms with Crippen LogP contribution in [0.2, 0.25) is 0 Å². The Labute approximate surface area is 167 Å². The van der Waals surface area contributed by atoms with Crippen molar-refractivity contribution in [3.05, 3.63) is 53.6 Å². The summed E-state index contributed by atoms with van der Waals surface area (Å²) in [6.07, 6.45) is 0.329. The fourth-order valence-electron chi connectivity index (χ4n) is 3.44. The van der Waals surface area contributed by atoms with Gasteiger partial charge >= 0.3 is 6.03 Å². The molecule has 0 unspecified atom stereocenters. The highest BCUT2D eigenvalue weighted by atomic mass is 16.7. The van der Waals surface area contributed by atoms with Gasteiger partial charge in [-0.25, -0.2) is 4.79 Å². The Morgan fingerprint density at radius 3 is 2.86 bits per heavy atom. The number of rotatable bonds is 6. The van der Waals surface area contributed by atoms with Crippen molar-refractivity contribution in [2.45, 2.75) is 18.9 Å². The number of hydrogen-bond acceptors (Lipinski definition) is 6. The first kappa shape index (κ1) is 18.6. The van der Waals surface area contributed by atoms with E-state index in [9.17, 15) is 9.59 Å². The fraction of sp³-hybridized carbons (Fsp3) is 0.286. The number of carbonyl (C=O) groups is 2. The van der Waals surface area contributed by atoms with Crippen LogP contribution in [-0.4, -0.2) is 42.3 Å². The van der Waals surface area contributed by atoms with Crippen molar-refractivity contribution in [2.75, 3.05) is 19.9 Å². The minimum absolute atomic E-state index is 0.109. The molecule has 0 spiro atoms. The molecule has 8 heteroatoms. The quantitative estimate of drug-likeness (QED) is 0.756. The summed E-state index contributed by atoms with van der Waals surface area (Å²) in [6, 6.07) is 13.8. The second kappa shape index (κ2) is 7.36. The number of urea groups is 1. The van der Waals surface area contributed by atoms with Gasteiger partial charge in [0, 0.05) is 6.42 Å². The molecule has 0 radical (unpaired) electrons. The molecule has 4 rings (SSSR count). The number of ether oxygens (including phenoxy) is 3. The van der Waals surface area contributed by atoms with Crippen LogP contribution in [0.1, 0.15) is 18.1 Å². The Hall–Kier alpha value is -3.73. The number of benzene rings is 2. The summed E-state index contributed by atoms with van der Waals surface area (Å²) in [6.45, 7) is 2.12. The lowest BCUT2D eigenvalue weighted by atomic mass is 9.92. The third-order valence-electron chi connectivity index (χ3n) is 4.89. The summed E-state index contributed by atoms with van der Waals surface area (Å²) >= 11 is 0. The number of carbonyl (C=O) groups excluding carboxylic acids is 2. The van der Waals surface area contributed by atoms with E-state index >= 15 is 0 Å². The number of nitriles is 1. The average Bonchev–Trinajstić information content (AvgIpc) is 3.25. The summed E-state index contributed by atoms with van der Waals surface area (Å²) in [5.74, 6) is 1.50. The molecule has 1 saturated heterocycles. The zero-order valence-electron chi connectivity index (χ0n) is 15.8. The normalized spacial score (nSPS) is 19.8. The minimum Gasteiger partial charge on any atom is -0.492 e. The maximum atomic E-state index is 12.9. The van der Waals surface area contributed by atoms with Gasteiger partial charge < -0.3 is 19.5 Å². The lowest BCUT2D eigenvalue weighted by Crippen LogP contribution is -2.46. The predicted molar refractivity (Wildman–Crippen MR) is 102 cm³/mol. The van der Waals surface area contributed by atoms with Gasteiger partial charge in [0.25, 0.3) is 5.91 Å². The standard InChI is InChI=1S/C21H19N3O5/c1-21(11-14-5-6-17-18(10-14)29-13-28-17)19(25)24(20(26)23-21)7-8-27-16-4-2-3-15(9-16)12-22/h2-6,9-10H,7-8,11,13H2,1H3,(H,23,26)/t21-/m0/s1. The molecule has 2 aromatic carbocycles. The number of imide groups is 1. The molecule has 148 valence electrons. The first-order chi connectivity index (χ1) is 14.0. The predicted octanol–water partition coefficient (Wildman–Crippen LogP) is 2.22. The smallest absolute Gasteiger partial charge is 0.325 e. The molecule has 1 fully saturated rings. The van der Waals surface area contributed by atoms with Crippen LogP contribution in [0.4, 0.5) is 4.79 Å². The lowest BCUT2D eigenvalue weighted by molar-refractivity contribution is -0.131. The summed E-state index contributed by atoms with van der Waals surface area (Å²) in [4.78, 5) is 26.4. The Balaban J connectivity index is 1.39. The van der Waals surface area contributed by atoms with E-state index in [4.69, 9.17) is 19.5 Å². The van der Waals surface area contributed by atoms with Gasteiger partial charge in [0.2, 0.25) is 6.79 Å². The van der Waals surface area contributed by atoms with E-state index in [1.807, 2.05) is 18.2 Å². The van der Waals surface area contributed by atoms with Gasteiger partial charge in [-0.2, -0.15) is 5.26 Å². The summed E-state index contributed by atoms with van der Waals surface area (Å²) in [5.41, 5.74) is 0.288. The van der Waals surface area contributed by atoms with E-state index in [1.54, 1.807) is 37.3 Å². The largest absolute Gasteiger partial charge is 0.492 e. The molecule has 0 aliphatic carbocycles. The molecule has 2 heterocycles. The summed E-state index contributed by atoms with van der Waals surface area (Å²) < 4.78 is 16.3. The third kappa shape index (κ3) is 3.67. The van der Waals surface area contributed by atoms with Crippen LogP contribution in [-0.2, 0) is 11.2 Å². The van der Waals surface area contributed by atoms with Crippen LogP contribution >= 0.6 is 0 Å². The molecule has 3 amide bonds. The molecular weight excluding hydrogens is 374 g/mol. The average molecular weight is 393 g/mol. The number of amides is 3. The summed E-state index contributed by atoms with van der Waals surface area (Å²) in [5, 5.41) is 11.7. The number of hydrogen-bond donors (Lipinski definition) is 1. The first-order valence-electron chi connectivity index (χ1n) is 9.14. The van der Waals surface area contributed by atoms with Crippen molar-refractivity contribution in [3.8, 4) is 23.3 Å². The minimum atomic E-state index is -1.05. The van der Waals surface area contributed by atoms with Gasteiger partial charge in [0.05, 0.1) is 18.2 Å². The molecule has 1 N–H and O–H groups in total. The Kier molecular flexibility index (Phi) is 4.72. The topological polar surface area (TPSA) is 101 Å². The molecule has 2 aromatic rings. The van der Waals surface area contributed by atoms with Crippen molar-refractivity contribution in [1.29, 1.82) is 5.26 Å². The highest BCUT2D eigenvalue weighted by Gasteiger charge is 2.47. The number of fused-ring (bicyclic) bond motifs is 1. The van der Waals surface area contributed by atoms with Crippen molar-refractivity contribution >= 4 is 11.9 Å². The molecule has 2 aliphatic rings. The zero-order chi connectivity index (χ0) is 20.4. The van der Waals surface area contributed by atoms with E-state index in [2.05, 4.69) is 5.32 Å². The first-order valence-corrected chi connectivity index (χ1v) is 9.14. The molecule has 29 heavy (non-hydrogen) atoms.